The van der Waals surface area contributed by atoms with Crippen LogP contribution in [0.5, 0.6) is 5.75 Å². The van der Waals surface area contributed by atoms with Gasteiger partial charge in [0.1, 0.15) is 5.75 Å². The number of carbonyl (C=O) groups is 3. The van der Waals surface area contributed by atoms with Gasteiger partial charge in [0.2, 0.25) is 21.9 Å². The molecule has 0 bridgehead atoms. The quantitative estimate of drug-likeness (QED) is 0.339. The zero-order valence-corrected chi connectivity index (χ0v) is 18.8. The lowest BCUT2D eigenvalue weighted by Gasteiger charge is -2.27. The van der Waals surface area contributed by atoms with Gasteiger partial charge in [-0.25, -0.2) is 18.1 Å². The van der Waals surface area contributed by atoms with E-state index in [1.54, 1.807) is 6.92 Å². The van der Waals surface area contributed by atoms with Gasteiger partial charge in [0.25, 0.3) is 5.91 Å². The first-order valence-electron chi connectivity index (χ1n) is 10.2. The summed E-state index contributed by atoms with van der Waals surface area (Å²) in [5.74, 6) is -1.72. The molecule has 1 aliphatic rings. The van der Waals surface area contributed by atoms with Crippen molar-refractivity contribution in [2.75, 3.05) is 10.6 Å². The summed E-state index contributed by atoms with van der Waals surface area (Å²) in [5, 5.41) is 13.7. The summed E-state index contributed by atoms with van der Waals surface area (Å²) in [4.78, 5) is 42.5. The van der Waals surface area contributed by atoms with Crippen molar-refractivity contribution in [1.82, 2.24) is 14.7 Å². The van der Waals surface area contributed by atoms with Gasteiger partial charge in [0, 0.05) is 12.4 Å². The number of benzene rings is 1. The van der Waals surface area contributed by atoms with E-state index in [4.69, 9.17) is 4.74 Å². The zero-order valence-electron chi connectivity index (χ0n) is 18.0. The van der Waals surface area contributed by atoms with Crippen LogP contribution >= 0.6 is 0 Å². The number of nitrogens with zero attached hydrogens (tertiary/aromatic N) is 1. The second-order valence-corrected chi connectivity index (χ2v) is 9.70. The van der Waals surface area contributed by atoms with Crippen molar-refractivity contribution >= 4 is 39.4 Å². The number of fused-ring (bicyclic) bond motifs is 1. The molecule has 0 fully saturated rings. The molecule has 12 nitrogen and oxygen atoms in total. The summed E-state index contributed by atoms with van der Waals surface area (Å²) in [5.41, 5.74) is 0.597. The molecule has 13 heteroatoms. The van der Waals surface area contributed by atoms with E-state index < -0.39 is 51.6 Å². The molecule has 0 saturated carbocycles. The molecule has 2 aromatic rings. The number of carbonyl (C=O) groups excluding carboxylic acids is 2. The molecule has 0 saturated heterocycles. The van der Waals surface area contributed by atoms with Gasteiger partial charge >= 0.3 is 5.97 Å². The second-order valence-electron chi connectivity index (χ2n) is 7.57. The van der Waals surface area contributed by atoms with E-state index in [1.165, 1.54) is 37.5 Å². The van der Waals surface area contributed by atoms with E-state index in [2.05, 4.69) is 25.3 Å². The number of aliphatic carboxylic acids is 1. The molecule has 2 amide bonds. The standard InChI is InChI=1S/C20H25N5O7S/c1-3-11(2)33(30,31)25-13(9-18(27)28)12-4-5-15-14(8-12)23-19(29)16(32-15)10-17(26)24-20-21-6-7-22-20/h4-8,11,13,16,25H,3,9-10H2,1-2H3,(H,23,29)(H,27,28)(H2,21,22,24,26)/t11-,13?,16?/m0/s1. The number of sulfonamides is 1. The van der Waals surface area contributed by atoms with Crippen LogP contribution in [0.1, 0.15) is 44.7 Å². The molecule has 33 heavy (non-hydrogen) atoms. The minimum atomic E-state index is -3.76. The van der Waals surface area contributed by atoms with E-state index in [-0.39, 0.29) is 23.8 Å². The Hall–Kier alpha value is -3.45. The third-order valence-corrected chi connectivity index (χ3v) is 7.15. The predicted octanol–water partition coefficient (Wildman–Crippen LogP) is 1.37. The fourth-order valence-corrected chi connectivity index (χ4v) is 4.43. The van der Waals surface area contributed by atoms with Crippen LogP contribution in [0, 0.1) is 0 Å². The van der Waals surface area contributed by atoms with Gasteiger partial charge in [-0.05, 0) is 31.0 Å². The Kier molecular flexibility index (Phi) is 7.33. The van der Waals surface area contributed by atoms with Crippen molar-refractivity contribution < 1.29 is 32.6 Å². The Bertz CT molecular complexity index is 1130. The molecular weight excluding hydrogens is 454 g/mol. The van der Waals surface area contributed by atoms with E-state index >= 15 is 0 Å². The highest BCUT2D eigenvalue weighted by molar-refractivity contribution is 7.90. The number of H-pyrrole nitrogens is 1. The Labute approximate surface area is 190 Å². The Morgan fingerprint density at radius 3 is 2.73 bits per heavy atom. The van der Waals surface area contributed by atoms with Crippen molar-refractivity contribution in [3.05, 3.63) is 36.2 Å². The first-order valence-corrected chi connectivity index (χ1v) is 11.8. The number of rotatable bonds is 10. The van der Waals surface area contributed by atoms with Crippen LogP contribution in [-0.4, -0.2) is 52.6 Å². The largest absolute Gasteiger partial charge is 0.481 e. The Morgan fingerprint density at radius 1 is 1.33 bits per heavy atom. The maximum absolute atomic E-state index is 12.5. The summed E-state index contributed by atoms with van der Waals surface area (Å²) in [6, 6.07) is 3.43. The zero-order chi connectivity index (χ0) is 24.2. The molecule has 1 aromatic heterocycles. The van der Waals surface area contributed by atoms with Gasteiger partial charge in [0.15, 0.2) is 6.10 Å². The number of hydrogen-bond acceptors (Lipinski definition) is 7. The average Bonchev–Trinajstić information content (AvgIpc) is 3.25. The number of carboxylic acids is 1. The number of aromatic amines is 1. The lowest BCUT2D eigenvalue weighted by Crippen LogP contribution is -2.40. The number of imidazole rings is 1. The molecule has 0 radical (unpaired) electrons. The number of ether oxygens (including phenoxy) is 1. The number of amides is 2. The summed E-state index contributed by atoms with van der Waals surface area (Å²) in [6.45, 7) is 3.25. The second kappa shape index (κ2) is 10.0. The Morgan fingerprint density at radius 2 is 2.09 bits per heavy atom. The molecule has 3 atom stereocenters. The highest BCUT2D eigenvalue weighted by atomic mass is 32.2. The molecule has 1 aromatic carbocycles. The maximum Gasteiger partial charge on any atom is 0.305 e. The third-order valence-electron chi connectivity index (χ3n) is 5.14. The van der Waals surface area contributed by atoms with Crippen LogP contribution in [0.4, 0.5) is 11.6 Å². The number of aromatic nitrogens is 2. The minimum absolute atomic E-state index is 0.241. The first-order chi connectivity index (χ1) is 15.6. The SMILES string of the molecule is CC[C@H](C)S(=O)(=O)NC(CC(=O)O)c1ccc2c(c1)NC(=O)C(CC(=O)Nc1ncc[nH]1)O2. The van der Waals surface area contributed by atoms with E-state index in [9.17, 15) is 27.9 Å². The molecule has 3 rings (SSSR count). The number of carboxylic acid groups (broad SMARTS) is 1. The highest BCUT2D eigenvalue weighted by Gasteiger charge is 2.32. The first kappa shape index (κ1) is 24.2. The summed E-state index contributed by atoms with van der Waals surface area (Å²) >= 11 is 0. The number of anilines is 2. The summed E-state index contributed by atoms with van der Waals surface area (Å²) < 4.78 is 33.1. The molecule has 2 unspecified atom stereocenters. The van der Waals surface area contributed by atoms with Gasteiger partial charge < -0.3 is 20.1 Å². The molecule has 5 N–H and O–H groups in total. The van der Waals surface area contributed by atoms with E-state index in [1.807, 2.05) is 0 Å². The smallest absolute Gasteiger partial charge is 0.305 e. The fraction of sp³-hybridized carbons (Fsp3) is 0.400. The molecule has 178 valence electrons. The van der Waals surface area contributed by atoms with Crippen LogP contribution in [0.3, 0.4) is 0 Å². The van der Waals surface area contributed by atoms with Crippen molar-refractivity contribution in [3.63, 3.8) is 0 Å². The molecular formula is C20H25N5O7S. The van der Waals surface area contributed by atoms with Crippen molar-refractivity contribution in [3.8, 4) is 5.75 Å². The van der Waals surface area contributed by atoms with Crippen molar-refractivity contribution in [1.29, 1.82) is 0 Å². The summed E-state index contributed by atoms with van der Waals surface area (Å²) in [6.07, 6.45) is 1.53. The number of nitrogens with one attached hydrogen (secondary N) is 4. The van der Waals surface area contributed by atoms with Crippen LogP contribution in [0.15, 0.2) is 30.6 Å². The van der Waals surface area contributed by atoms with E-state index in [0.29, 0.717) is 12.0 Å². The lowest BCUT2D eigenvalue weighted by atomic mass is 10.0. The fourth-order valence-electron chi connectivity index (χ4n) is 3.14. The topological polar surface area (TPSA) is 180 Å². The van der Waals surface area contributed by atoms with Gasteiger partial charge in [-0.2, -0.15) is 0 Å². The predicted molar refractivity (Wildman–Crippen MR) is 118 cm³/mol. The number of hydrogen-bond donors (Lipinski definition) is 5. The maximum atomic E-state index is 12.5. The highest BCUT2D eigenvalue weighted by Crippen LogP contribution is 2.34. The van der Waals surface area contributed by atoms with Gasteiger partial charge in [-0.3, -0.25) is 19.7 Å². The monoisotopic (exact) mass is 479 g/mol. The van der Waals surface area contributed by atoms with Crippen molar-refractivity contribution in [2.45, 2.75) is 50.5 Å². The average molecular weight is 480 g/mol. The van der Waals surface area contributed by atoms with Crippen LogP contribution < -0.4 is 20.1 Å². The summed E-state index contributed by atoms with van der Waals surface area (Å²) in [7, 11) is -3.76. The normalized spacial score (nSPS) is 17.3. The van der Waals surface area contributed by atoms with E-state index in [0.717, 1.165) is 0 Å². The van der Waals surface area contributed by atoms with Crippen LogP contribution in [0.25, 0.3) is 0 Å². The van der Waals surface area contributed by atoms with Crippen LogP contribution in [0.2, 0.25) is 0 Å². The molecule has 1 aliphatic heterocycles. The molecule has 0 spiro atoms. The molecule has 2 heterocycles. The molecule has 0 aliphatic carbocycles. The Balaban J connectivity index is 1.76. The van der Waals surface area contributed by atoms with Gasteiger partial charge in [-0.15, -0.1) is 0 Å². The van der Waals surface area contributed by atoms with Gasteiger partial charge in [0.05, 0.1) is 29.8 Å². The van der Waals surface area contributed by atoms with Crippen molar-refractivity contribution in [2.24, 2.45) is 0 Å². The van der Waals surface area contributed by atoms with Crippen LogP contribution in [-0.2, 0) is 24.4 Å². The third kappa shape index (κ3) is 6.08. The van der Waals surface area contributed by atoms with Gasteiger partial charge in [-0.1, -0.05) is 13.0 Å². The minimum Gasteiger partial charge on any atom is -0.481 e. The lowest BCUT2D eigenvalue weighted by molar-refractivity contribution is -0.137.